The molecule has 0 saturated carbocycles. The van der Waals surface area contributed by atoms with E-state index in [1.165, 1.54) is 0 Å². The second-order valence-corrected chi connectivity index (χ2v) is 5.36. The maximum Gasteiger partial charge on any atom is 0.187 e. The molecule has 3 N–H and O–H groups in total. The van der Waals surface area contributed by atoms with Gasteiger partial charge in [0, 0.05) is 6.20 Å². The van der Waals surface area contributed by atoms with Crippen LogP contribution in [0.5, 0.6) is 0 Å². The van der Waals surface area contributed by atoms with E-state index >= 15 is 0 Å². The van der Waals surface area contributed by atoms with Crippen LogP contribution in [-0.4, -0.2) is 31.0 Å². The van der Waals surface area contributed by atoms with Gasteiger partial charge in [-0.2, -0.15) is 10.2 Å². The molecule has 0 unspecified atom stereocenters. The van der Waals surface area contributed by atoms with E-state index in [-0.39, 0.29) is 5.84 Å². The first-order chi connectivity index (χ1) is 9.62. The molecule has 20 heavy (non-hydrogen) atoms. The van der Waals surface area contributed by atoms with Crippen molar-refractivity contribution in [3.63, 3.8) is 0 Å². The van der Waals surface area contributed by atoms with Crippen molar-refractivity contribution < 1.29 is 5.21 Å². The number of halogens is 1. The van der Waals surface area contributed by atoms with Gasteiger partial charge in [0.15, 0.2) is 11.7 Å². The third kappa shape index (κ3) is 2.60. The van der Waals surface area contributed by atoms with Crippen molar-refractivity contribution in [3.05, 3.63) is 32.8 Å². The van der Waals surface area contributed by atoms with Gasteiger partial charge in [-0.05, 0) is 41.0 Å². The summed E-state index contributed by atoms with van der Waals surface area (Å²) in [5.41, 5.74) is 8.19. The Bertz CT molecular complexity index is 651. The third-order valence-corrected chi connectivity index (χ3v) is 3.52. The Labute approximate surface area is 130 Å². The minimum Gasteiger partial charge on any atom is -0.409 e. The number of hydrogen-bond donors (Lipinski definition) is 2. The molecule has 2 rings (SSSR count). The highest BCUT2D eigenvalue weighted by Crippen LogP contribution is 2.20. The highest BCUT2D eigenvalue weighted by molar-refractivity contribution is 14.1. The molecule has 2 aromatic rings. The number of nitrogens with two attached hydrogens (primary N) is 1. The molecular formula is C12H15IN6O. The number of nitrogens with zero attached hydrogens (tertiary/aromatic N) is 5. The maximum atomic E-state index is 9.03. The summed E-state index contributed by atoms with van der Waals surface area (Å²) >= 11 is 2.16. The second-order valence-electron chi connectivity index (χ2n) is 4.12. The zero-order chi connectivity index (χ0) is 14.7. The van der Waals surface area contributed by atoms with E-state index in [9.17, 15) is 0 Å². The predicted molar refractivity (Wildman–Crippen MR) is 83.1 cm³/mol. The van der Waals surface area contributed by atoms with Crippen molar-refractivity contribution in [2.24, 2.45) is 10.9 Å². The molecule has 7 nitrogen and oxygen atoms in total. The molecule has 0 aliphatic heterocycles. The number of oxime groups is 1. The molecule has 0 fully saturated rings. The van der Waals surface area contributed by atoms with E-state index in [4.69, 9.17) is 10.9 Å². The molecule has 0 spiro atoms. The van der Waals surface area contributed by atoms with Crippen LogP contribution in [0, 0.1) is 3.57 Å². The summed E-state index contributed by atoms with van der Waals surface area (Å²) in [4.78, 5) is 0. The maximum absolute atomic E-state index is 9.03. The van der Waals surface area contributed by atoms with Crippen LogP contribution >= 0.6 is 22.6 Å². The van der Waals surface area contributed by atoms with Gasteiger partial charge in [-0.3, -0.25) is 0 Å². The lowest BCUT2D eigenvalue weighted by molar-refractivity contribution is 0.318. The first kappa shape index (κ1) is 14.7. The Morgan fingerprint density at radius 3 is 2.65 bits per heavy atom. The van der Waals surface area contributed by atoms with E-state index in [0.29, 0.717) is 11.4 Å². The van der Waals surface area contributed by atoms with Crippen LogP contribution in [-0.2, 0) is 12.8 Å². The fourth-order valence-electron chi connectivity index (χ4n) is 2.06. The fraction of sp³-hybridized carbons (Fsp3) is 0.333. The molecule has 0 amide bonds. The highest BCUT2D eigenvalue weighted by Gasteiger charge is 2.19. The van der Waals surface area contributed by atoms with E-state index in [1.54, 1.807) is 10.9 Å². The second kappa shape index (κ2) is 6.16. The molecule has 0 atom stereocenters. The molecule has 0 aliphatic carbocycles. The van der Waals surface area contributed by atoms with Crippen LogP contribution in [0.25, 0.3) is 5.82 Å². The standard InChI is InChI=1S/C12H15IN6O/c1-3-8-9(4-2)16-17-12(10(8)11(14)18-20)19-6-7(13)5-15-19/h5-6,20H,3-4H2,1-2H3,(H2,14,18). The van der Waals surface area contributed by atoms with Crippen molar-refractivity contribution in [1.29, 1.82) is 0 Å². The van der Waals surface area contributed by atoms with E-state index in [0.717, 1.165) is 27.7 Å². The summed E-state index contributed by atoms with van der Waals surface area (Å²) < 4.78 is 2.55. The van der Waals surface area contributed by atoms with Gasteiger partial charge in [-0.1, -0.05) is 19.0 Å². The van der Waals surface area contributed by atoms with E-state index < -0.39 is 0 Å². The van der Waals surface area contributed by atoms with E-state index in [2.05, 4.69) is 43.0 Å². The van der Waals surface area contributed by atoms with Gasteiger partial charge < -0.3 is 10.9 Å². The summed E-state index contributed by atoms with van der Waals surface area (Å²) in [6, 6.07) is 0. The Morgan fingerprint density at radius 1 is 1.40 bits per heavy atom. The molecule has 0 aromatic carbocycles. The SMILES string of the molecule is CCc1nnc(-n2cc(I)cn2)c(/C(N)=N/O)c1CC. The Kier molecular flexibility index (Phi) is 4.53. The molecule has 2 heterocycles. The fourth-order valence-corrected chi connectivity index (χ4v) is 2.45. The zero-order valence-corrected chi connectivity index (χ0v) is 13.4. The molecule has 8 heteroatoms. The molecule has 0 radical (unpaired) electrons. The minimum atomic E-state index is 0.0203. The van der Waals surface area contributed by atoms with Gasteiger partial charge in [-0.15, -0.1) is 5.10 Å². The van der Waals surface area contributed by atoms with Gasteiger partial charge in [0.2, 0.25) is 0 Å². The van der Waals surface area contributed by atoms with Crippen LogP contribution in [0.15, 0.2) is 17.5 Å². The lowest BCUT2D eigenvalue weighted by atomic mass is 10.0. The number of rotatable bonds is 4. The van der Waals surface area contributed by atoms with Gasteiger partial charge in [0.05, 0.1) is 21.0 Å². The lowest BCUT2D eigenvalue weighted by Crippen LogP contribution is -2.22. The molecular weight excluding hydrogens is 371 g/mol. The average Bonchev–Trinajstić information content (AvgIpc) is 2.91. The van der Waals surface area contributed by atoms with Crippen LogP contribution in [0.1, 0.15) is 30.7 Å². The summed E-state index contributed by atoms with van der Waals surface area (Å²) in [5, 5.41) is 24.8. The van der Waals surface area contributed by atoms with E-state index in [1.807, 2.05) is 20.0 Å². The topological polar surface area (TPSA) is 102 Å². The van der Waals surface area contributed by atoms with Crippen molar-refractivity contribution in [2.75, 3.05) is 0 Å². The smallest absolute Gasteiger partial charge is 0.187 e. The van der Waals surface area contributed by atoms with Gasteiger partial charge in [0.25, 0.3) is 0 Å². The summed E-state index contributed by atoms with van der Waals surface area (Å²) in [7, 11) is 0. The highest BCUT2D eigenvalue weighted by atomic mass is 127. The predicted octanol–water partition coefficient (Wildman–Crippen LogP) is 1.49. The first-order valence-corrected chi connectivity index (χ1v) is 7.27. The molecule has 0 aliphatic rings. The lowest BCUT2D eigenvalue weighted by Gasteiger charge is -2.14. The monoisotopic (exact) mass is 386 g/mol. The van der Waals surface area contributed by atoms with Crippen molar-refractivity contribution >= 4 is 28.4 Å². The summed E-state index contributed by atoms with van der Waals surface area (Å²) in [6.45, 7) is 4.00. The molecule has 2 aromatic heterocycles. The molecule has 106 valence electrons. The molecule has 0 saturated heterocycles. The largest absolute Gasteiger partial charge is 0.409 e. The normalized spacial score (nSPS) is 11.8. The van der Waals surface area contributed by atoms with Crippen molar-refractivity contribution in [1.82, 2.24) is 20.0 Å². The van der Waals surface area contributed by atoms with Crippen LogP contribution < -0.4 is 5.73 Å². The number of amidine groups is 1. The van der Waals surface area contributed by atoms with Crippen LogP contribution in [0.4, 0.5) is 0 Å². The van der Waals surface area contributed by atoms with Crippen molar-refractivity contribution in [2.45, 2.75) is 26.7 Å². The summed E-state index contributed by atoms with van der Waals surface area (Å²) in [5.74, 6) is 0.490. The number of aromatic nitrogens is 4. The quantitative estimate of drug-likeness (QED) is 0.273. The average molecular weight is 386 g/mol. The zero-order valence-electron chi connectivity index (χ0n) is 11.2. The summed E-state index contributed by atoms with van der Waals surface area (Å²) in [6.07, 6.45) is 4.97. The number of hydrogen-bond acceptors (Lipinski definition) is 5. The molecule has 0 bridgehead atoms. The third-order valence-electron chi connectivity index (χ3n) is 2.96. The first-order valence-electron chi connectivity index (χ1n) is 6.19. The van der Waals surface area contributed by atoms with Crippen LogP contribution in [0.2, 0.25) is 0 Å². The Balaban J connectivity index is 2.74. The van der Waals surface area contributed by atoms with Crippen LogP contribution in [0.3, 0.4) is 0 Å². The van der Waals surface area contributed by atoms with Gasteiger partial charge >= 0.3 is 0 Å². The van der Waals surface area contributed by atoms with Gasteiger partial charge in [-0.25, -0.2) is 4.68 Å². The Morgan fingerprint density at radius 2 is 2.15 bits per heavy atom. The Hall–Kier alpha value is -1.71. The van der Waals surface area contributed by atoms with Gasteiger partial charge in [0.1, 0.15) is 0 Å². The van der Waals surface area contributed by atoms with Crippen molar-refractivity contribution in [3.8, 4) is 5.82 Å². The number of aryl methyl sites for hydroxylation is 1. The minimum absolute atomic E-state index is 0.0203.